The molecule has 0 bridgehead atoms. The molecule has 0 heterocycles. The fourth-order valence-corrected chi connectivity index (χ4v) is 0.962. The van der Waals surface area contributed by atoms with E-state index in [4.69, 9.17) is 5.11 Å². The lowest BCUT2D eigenvalue weighted by atomic mass is 10.4. The van der Waals surface area contributed by atoms with Crippen molar-refractivity contribution in [2.45, 2.75) is 32.7 Å². The Hall–Kier alpha value is -0.523. The SMILES string of the molecule is CC(O)/C=C\C#C[Si](C)(C)C. The zero-order chi connectivity index (χ0) is 8.91. The molecule has 0 aromatic rings. The normalized spacial score (nSPS) is 14.3. The molecule has 0 fully saturated rings. The van der Waals surface area contributed by atoms with Crippen LogP contribution in [0.3, 0.4) is 0 Å². The molecule has 2 heteroatoms. The molecule has 0 aliphatic carbocycles. The maximum absolute atomic E-state index is 8.84. The fourth-order valence-electron chi connectivity index (χ4n) is 0.446. The number of hydrogen-bond donors (Lipinski definition) is 1. The first-order chi connectivity index (χ1) is 4.92. The van der Waals surface area contributed by atoms with E-state index in [-0.39, 0.29) is 6.10 Å². The minimum absolute atomic E-state index is 0.383. The summed E-state index contributed by atoms with van der Waals surface area (Å²) in [6.45, 7) is 8.29. The van der Waals surface area contributed by atoms with Crippen LogP contribution < -0.4 is 0 Å². The lowest BCUT2D eigenvalue weighted by molar-refractivity contribution is 0.244. The van der Waals surface area contributed by atoms with Crippen LogP contribution >= 0.6 is 0 Å². The van der Waals surface area contributed by atoms with Gasteiger partial charge in [0.2, 0.25) is 0 Å². The molecule has 0 aliphatic rings. The van der Waals surface area contributed by atoms with Crippen molar-refractivity contribution < 1.29 is 5.11 Å². The monoisotopic (exact) mass is 168 g/mol. The van der Waals surface area contributed by atoms with E-state index >= 15 is 0 Å². The van der Waals surface area contributed by atoms with E-state index in [1.54, 1.807) is 19.1 Å². The topological polar surface area (TPSA) is 20.2 Å². The van der Waals surface area contributed by atoms with Gasteiger partial charge < -0.3 is 5.11 Å². The second-order valence-corrected chi connectivity index (χ2v) is 8.37. The average molecular weight is 168 g/mol. The van der Waals surface area contributed by atoms with Crippen molar-refractivity contribution in [2.24, 2.45) is 0 Å². The first-order valence-electron chi connectivity index (χ1n) is 3.79. The molecule has 0 radical (unpaired) electrons. The van der Waals surface area contributed by atoms with E-state index in [1.165, 1.54) is 0 Å². The van der Waals surface area contributed by atoms with Gasteiger partial charge in [-0.1, -0.05) is 25.6 Å². The first-order valence-corrected chi connectivity index (χ1v) is 7.29. The standard InChI is InChI=1S/C9H16OSi/c1-9(10)7-5-6-8-11(2,3)4/h5,7,9-10H,1-4H3/b7-5-. The van der Waals surface area contributed by atoms with Gasteiger partial charge in [-0.25, -0.2) is 0 Å². The van der Waals surface area contributed by atoms with Gasteiger partial charge in [0.05, 0.1) is 6.10 Å². The summed E-state index contributed by atoms with van der Waals surface area (Å²) in [5.74, 6) is 2.93. The Morgan fingerprint density at radius 2 is 1.91 bits per heavy atom. The third-order valence-corrected chi connectivity index (χ3v) is 1.80. The highest BCUT2D eigenvalue weighted by atomic mass is 28.3. The highest BCUT2D eigenvalue weighted by Gasteiger charge is 2.06. The molecule has 62 valence electrons. The van der Waals surface area contributed by atoms with Gasteiger partial charge in [0, 0.05) is 0 Å². The quantitative estimate of drug-likeness (QED) is 0.467. The van der Waals surface area contributed by atoms with Crippen LogP contribution in [0.5, 0.6) is 0 Å². The van der Waals surface area contributed by atoms with Crippen LogP contribution in [-0.4, -0.2) is 19.3 Å². The molecule has 0 amide bonds. The van der Waals surface area contributed by atoms with E-state index in [2.05, 4.69) is 31.1 Å². The Bertz CT molecular complexity index is 188. The summed E-state index contributed by atoms with van der Waals surface area (Å²) >= 11 is 0. The minimum atomic E-state index is -1.22. The van der Waals surface area contributed by atoms with Gasteiger partial charge in [-0.15, -0.1) is 5.54 Å². The number of allylic oxidation sites excluding steroid dienone is 1. The molecular formula is C9H16OSi. The second kappa shape index (κ2) is 4.37. The van der Waals surface area contributed by atoms with Crippen molar-refractivity contribution in [3.05, 3.63) is 12.2 Å². The Kier molecular flexibility index (Phi) is 4.17. The molecule has 0 aromatic carbocycles. The van der Waals surface area contributed by atoms with Crippen LogP contribution in [0.2, 0.25) is 19.6 Å². The summed E-state index contributed by atoms with van der Waals surface area (Å²) in [4.78, 5) is 0. The summed E-state index contributed by atoms with van der Waals surface area (Å²) in [5, 5.41) is 8.84. The summed E-state index contributed by atoms with van der Waals surface area (Å²) in [6.07, 6.45) is 3.03. The minimum Gasteiger partial charge on any atom is -0.389 e. The van der Waals surface area contributed by atoms with Gasteiger partial charge in [-0.05, 0) is 19.1 Å². The van der Waals surface area contributed by atoms with Crippen LogP contribution in [0, 0.1) is 11.5 Å². The molecule has 0 saturated heterocycles. The van der Waals surface area contributed by atoms with Gasteiger partial charge >= 0.3 is 0 Å². The zero-order valence-corrected chi connectivity index (χ0v) is 8.68. The zero-order valence-electron chi connectivity index (χ0n) is 7.68. The Labute approximate surface area is 70.1 Å². The predicted octanol–water partition coefficient (Wildman–Crippen LogP) is 1.80. The smallest absolute Gasteiger partial charge is 0.129 e. The summed E-state index contributed by atoms with van der Waals surface area (Å²) in [5.41, 5.74) is 3.17. The van der Waals surface area contributed by atoms with Gasteiger partial charge in [0.15, 0.2) is 0 Å². The molecule has 0 rings (SSSR count). The lowest BCUT2D eigenvalue weighted by Crippen LogP contribution is -2.16. The van der Waals surface area contributed by atoms with Crippen LogP contribution in [0.15, 0.2) is 12.2 Å². The number of aliphatic hydroxyl groups is 1. The first kappa shape index (κ1) is 10.5. The maximum Gasteiger partial charge on any atom is 0.129 e. The number of rotatable bonds is 1. The van der Waals surface area contributed by atoms with Crippen LogP contribution in [-0.2, 0) is 0 Å². The molecule has 0 saturated carbocycles. The van der Waals surface area contributed by atoms with Crippen LogP contribution in [0.1, 0.15) is 6.92 Å². The molecule has 0 spiro atoms. The summed E-state index contributed by atoms with van der Waals surface area (Å²) in [6, 6.07) is 0. The third kappa shape index (κ3) is 9.48. The van der Waals surface area contributed by atoms with E-state index in [1.807, 2.05) is 0 Å². The van der Waals surface area contributed by atoms with Crippen LogP contribution in [0.4, 0.5) is 0 Å². The Morgan fingerprint density at radius 1 is 1.36 bits per heavy atom. The molecule has 1 atom stereocenters. The fraction of sp³-hybridized carbons (Fsp3) is 0.556. The van der Waals surface area contributed by atoms with E-state index < -0.39 is 8.07 Å². The van der Waals surface area contributed by atoms with Gasteiger partial charge in [0.1, 0.15) is 8.07 Å². The second-order valence-electron chi connectivity index (χ2n) is 3.62. The molecule has 1 N–H and O–H groups in total. The van der Waals surface area contributed by atoms with E-state index in [0.29, 0.717) is 0 Å². The van der Waals surface area contributed by atoms with Gasteiger partial charge in [-0.3, -0.25) is 0 Å². The Morgan fingerprint density at radius 3 is 2.27 bits per heavy atom. The van der Waals surface area contributed by atoms with Crippen molar-refractivity contribution >= 4 is 8.07 Å². The van der Waals surface area contributed by atoms with E-state index in [9.17, 15) is 0 Å². The third-order valence-electron chi connectivity index (χ3n) is 0.905. The van der Waals surface area contributed by atoms with Gasteiger partial charge in [0.25, 0.3) is 0 Å². The maximum atomic E-state index is 8.84. The Balaban J connectivity index is 3.92. The van der Waals surface area contributed by atoms with Crippen molar-refractivity contribution in [2.75, 3.05) is 0 Å². The highest BCUT2D eigenvalue weighted by Crippen LogP contribution is 1.95. The highest BCUT2D eigenvalue weighted by molar-refractivity contribution is 6.83. The molecular weight excluding hydrogens is 152 g/mol. The summed E-state index contributed by atoms with van der Waals surface area (Å²) in [7, 11) is -1.22. The van der Waals surface area contributed by atoms with Gasteiger partial charge in [-0.2, -0.15) is 0 Å². The van der Waals surface area contributed by atoms with Crippen molar-refractivity contribution in [1.29, 1.82) is 0 Å². The number of hydrogen-bond acceptors (Lipinski definition) is 1. The molecule has 11 heavy (non-hydrogen) atoms. The molecule has 1 unspecified atom stereocenters. The lowest BCUT2D eigenvalue weighted by Gasteiger charge is -2.02. The predicted molar refractivity (Wildman–Crippen MR) is 51.9 cm³/mol. The largest absolute Gasteiger partial charge is 0.389 e. The summed E-state index contributed by atoms with van der Waals surface area (Å²) < 4.78 is 0. The average Bonchev–Trinajstić information content (AvgIpc) is 1.78. The van der Waals surface area contributed by atoms with Crippen molar-refractivity contribution in [3.8, 4) is 11.5 Å². The molecule has 0 aromatic heterocycles. The number of aliphatic hydroxyl groups excluding tert-OH is 1. The molecule has 0 aliphatic heterocycles. The van der Waals surface area contributed by atoms with Crippen molar-refractivity contribution in [3.63, 3.8) is 0 Å². The molecule has 1 nitrogen and oxygen atoms in total. The van der Waals surface area contributed by atoms with Crippen LogP contribution in [0.25, 0.3) is 0 Å². The van der Waals surface area contributed by atoms with E-state index in [0.717, 1.165) is 0 Å². The van der Waals surface area contributed by atoms with Crippen molar-refractivity contribution in [1.82, 2.24) is 0 Å².